The van der Waals surface area contributed by atoms with Gasteiger partial charge >= 0.3 is 0 Å². The van der Waals surface area contributed by atoms with Gasteiger partial charge in [-0.15, -0.1) is 0 Å². The summed E-state index contributed by atoms with van der Waals surface area (Å²) in [5.41, 5.74) is 1.93. The average molecular weight is 289 g/mol. The van der Waals surface area contributed by atoms with Gasteiger partial charge in [-0.1, -0.05) is 39.0 Å². The Bertz CT molecular complexity index is 467. The maximum absolute atomic E-state index is 5.48. The van der Waals surface area contributed by atoms with Gasteiger partial charge < -0.3 is 10.1 Å². The van der Waals surface area contributed by atoms with Gasteiger partial charge in [-0.25, -0.2) is 0 Å². The number of methoxy groups -OCH3 is 1. The predicted molar refractivity (Wildman–Crippen MR) is 90.0 cm³/mol. The minimum absolute atomic E-state index is 0.203. The highest BCUT2D eigenvalue weighted by Gasteiger charge is 2.36. The van der Waals surface area contributed by atoms with Crippen molar-refractivity contribution in [2.45, 2.75) is 71.4 Å². The van der Waals surface area contributed by atoms with Crippen molar-refractivity contribution in [2.24, 2.45) is 5.41 Å². The predicted octanol–water partition coefficient (Wildman–Crippen LogP) is 4.75. The first-order chi connectivity index (χ1) is 9.70. The van der Waals surface area contributed by atoms with E-state index in [4.69, 9.17) is 4.74 Å². The Morgan fingerprint density at radius 2 is 1.71 bits per heavy atom. The van der Waals surface area contributed by atoms with Crippen LogP contribution in [0.2, 0.25) is 0 Å². The van der Waals surface area contributed by atoms with E-state index in [2.05, 4.69) is 58.1 Å². The van der Waals surface area contributed by atoms with E-state index >= 15 is 0 Å². The zero-order valence-corrected chi connectivity index (χ0v) is 14.5. The zero-order chi connectivity index (χ0) is 15.7. The van der Waals surface area contributed by atoms with Crippen LogP contribution in [-0.2, 0) is 0 Å². The molecule has 1 aromatic carbocycles. The summed E-state index contributed by atoms with van der Waals surface area (Å²) >= 11 is 0. The topological polar surface area (TPSA) is 21.3 Å². The Morgan fingerprint density at radius 1 is 1.10 bits per heavy atom. The zero-order valence-electron chi connectivity index (χ0n) is 14.5. The molecule has 0 atom stereocenters. The van der Waals surface area contributed by atoms with E-state index in [0.717, 1.165) is 5.75 Å². The molecule has 1 aliphatic carbocycles. The van der Waals surface area contributed by atoms with Crippen LogP contribution >= 0.6 is 0 Å². The van der Waals surface area contributed by atoms with Gasteiger partial charge in [0.15, 0.2) is 0 Å². The molecule has 1 N–H and O–H groups in total. The van der Waals surface area contributed by atoms with E-state index in [1.165, 1.54) is 24.8 Å². The smallest absolute Gasteiger partial charge is 0.122 e. The van der Waals surface area contributed by atoms with Crippen LogP contribution in [-0.4, -0.2) is 18.7 Å². The molecular formula is C19H31NO. The number of para-hydroxylation sites is 1. The molecule has 118 valence electrons. The monoisotopic (exact) mass is 289 g/mol. The lowest BCUT2D eigenvalue weighted by Crippen LogP contribution is -2.52. The van der Waals surface area contributed by atoms with Crippen molar-refractivity contribution >= 4 is 0 Å². The van der Waals surface area contributed by atoms with Gasteiger partial charge in [0.1, 0.15) is 5.75 Å². The minimum atomic E-state index is 0.203. The van der Waals surface area contributed by atoms with E-state index in [9.17, 15) is 0 Å². The molecule has 0 aromatic heterocycles. The highest BCUT2D eigenvalue weighted by atomic mass is 16.5. The second-order valence-corrected chi connectivity index (χ2v) is 8.37. The Labute approximate surface area is 130 Å². The van der Waals surface area contributed by atoms with Crippen molar-refractivity contribution < 1.29 is 4.74 Å². The summed E-state index contributed by atoms with van der Waals surface area (Å²) in [7, 11) is 1.76. The van der Waals surface area contributed by atoms with E-state index in [1.54, 1.807) is 7.11 Å². The van der Waals surface area contributed by atoms with E-state index in [-0.39, 0.29) is 5.54 Å². The fourth-order valence-corrected chi connectivity index (χ4v) is 3.92. The lowest BCUT2D eigenvalue weighted by atomic mass is 9.73. The van der Waals surface area contributed by atoms with Gasteiger partial charge in [0, 0.05) is 11.6 Å². The standard InChI is InChI=1S/C19H31NO/c1-18(2,3)13-19(4,5)20-15-11-14(12-15)16-9-7-8-10-17(16)21-6/h7-10,14-15,20H,11-13H2,1-6H3. The van der Waals surface area contributed by atoms with Crippen LogP contribution in [0.4, 0.5) is 0 Å². The third kappa shape index (κ3) is 4.47. The summed E-state index contributed by atoms with van der Waals surface area (Å²) in [6.07, 6.45) is 3.62. The van der Waals surface area contributed by atoms with Crippen LogP contribution in [0.15, 0.2) is 24.3 Å². The maximum Gasteiger partial charge on any atom is 0.122 e. The molecule has 0 saturated heterocycles. The first-order valence-electron chi connectivity index (χ1n) is 8.11. The molecule has 0 spiro atoms. The quantitative estimate of drug-likeness (QED) is 0.845. The summed E-state index contributed by atoms with van der Waals surface area (Å²) in [6, 6.07) is 9.07. The van der Waals surface area contributed by atoms with Gasteiger partial charge in [-0.2, -0.15) is 0 Å². The lowest BCUT2D eigenvalue weighted by Gasteiger charge is -2.44. The number of hydrogen-bond acceptors (Lipinski definition) is 2. The van der Waals surface area contributed by atoms with Crippen LogP contribution in [0.25, 0.3) is 0 Å². The van der Waals surface area contributed by atoms with Crippen LogP contribution in [0.3, 0.4) is 0 Å². The van der Waals surface area contributed by atoms with Gasteiger partial charge in [0.2, 0.25) is 0 Å². The molecule has 1 fully saturated rings. The summed E-state index contributed by atoms with van der Waals surface area (Å²) < 4.78 is 5.48. The van der Waals surface area contributed by atoms with Crippen LogP contribution in [0.1, 0.15) is 65.4 Å². The second kappa shape index (κ2) is 6.00. The Balaban J connectivity index is 1.89. The number of benzene rings is 1. The van der Waals surface area contributed by atoms with Gasteiger partial charge in [-0.3, -0.25) is 0 Å². The summed E-state index contributed by atoms with van der Waals surface area (Å²) in [5.74, 6) is 1.68. The van der Waals surface area contributed by atoms with Gasteiger partial charge in [0.25, 0.3) is 0 Å². The molecule has 2 nitrogen and oxygen atoms in total. The Morgan fingerprint density at radius 3 is 2.29 bits per heavy atom. The van der Waals surface area contributed by atoms with Crippen molar-refractivity contribution in [1.82, 2.24) is 5.32 Å². The lowest BCUT2D eigenvalue weighted by molar-refractivity contribution is 0.175. The molecule has 2 rings (SSSR count). The highest BCUT2D eigenvalue weighted by Crippen LogP contribution is 2.42. The van der Waals surface area contributed by atoms with E-state index in [1.807, 2.05) is 6.07 Å². The summed E-state index contributed by atoms with van der Waals surface area (Å²) in [4.78, 5) is 0. The molecule has 1 aliphatic rings. The van der Waals surface area contributed by atoms with E-state index in [0.29, 0.717) is 17.4 Å². The molecule has 0 unspecified atom stereocenters. The Kier molecular flexibility index (Phi) is 4.67. The highest BCUT2D eigenvalue weighted by molar-refractivity contribution is 5.37. The van der Waals surface area contributed by atoms with Gasteiger partial charge in [-0.05, 0) is 56.1 Å². The molecule has 0 bridgehead atoms. The van der Waals surface area contributed by atoms with Crippen molar-refractivity contribution in [3.8, 4) is 5.75 Å². The summed E-state index contributed by atoms with van der Waals surface area (Å²) in [5, 5.41) is 3.85. The molecular weight excluding hydrogens is 258 g/mol. The molecule has 1 aromatic rings. The van der Waals surface area contributed by atoms with Crippen LogP contribution in [0.5, 0.6) is 5.75 Å². The fraction of sp³-hybridized carbons (Fsp3) is 0.684. The largest absolute Gasteiger partial charge is 0.496 e. The van der Waals surface area contributed by atoms with Crippen molar-refractivity contribution in [1.29, 1.82) is 0 Å². The first-order valence-corrected chi connectivity index (χ1v) is 8.11. The minimum Gasteiger partial charge on any atom is -0.496 e. The number of rotatable bonds is 5. The third-order valence-corrected chi connectivity index (χ3v) is 4.28. The van der Waals surface area contributed by atoms with Crippen LogP contribution < -0.4 is 10.1 Å². The Hall–Kier alpha value is -1.02. The molecule has 0 amide bonds. The molecule has 0 aliphatic heterocycles. The fourth-order valence-electron chi connectivity index (χ4n) is 3.92. The first kappa shape index (κ1) is 16.4. The average Bonchev–Trinajstić information content (AvgIpc) is 2.30. The van der Waals surface area contributed by atoms with Gasteiger partial charge in [0.05, 0.1) is 7.11 Å². The SMILES string of the molecule is COc1ccccc1C1CC(NC(C)(C)CC(C)(C)C)C1. The summed E-state index contributed by atoms with van der Waals surface area (Å²) in [6.45, 7) is 11.6. The molecule has 2 heteroatoms. The molecule has 0 heterocycles. The molecule has 1 saturated carbocycles. The molecule has 0 radical (unpaired) electrons. The van der Waals surface area contributed by atoms with Crippen molar-refractivity contribution in [2.75, 3.05) is 7.11 Å². The molecule has 21 heavy (non-hydrogen) atoms. The van der Waals surface area contributed by atoms with Crippen LogP contribution in [0, 0.1) is 5.41 Å². The number of hydrogen-bond donors (Lipinski definition) is 1. The number of ether oxygens (including phenoxy) is 1. The normalized spacial score (nSPS) is 22.8. The second-order valence-electron chi connectivity index (χ2n) is 8.37. The number of nitrogens with one attached hydrogen (secondary N) is 1. The van der Waals surface area contributed by atoms with E-state index < -0.39 is 0 Å². The third-order valence-electron chi connectivity index (χ3n) is 4.28. The van der Waals surface area contributed by atoms with Crippen molar-refractivity contribution in [3.63, 3.8) is 0 Å². The van der Waals surface area contributed by atoms with Crippen molar-refractivity contribution in [3.05, 3.63) is 29.8 Å². The maximum atomic E-state index is 5.48.